The molecular formula is C20H18BrN3O2. The van der Waals surface area contributed by atoms with E-state index in [-0.39, 0.29) is 0 Å². The van der Waals surface area contributed by atoms with Crippen LogP contribution in [0.15, 0.2) is 40.9 Å². The molecule has 3 rings (SSSR count). The van der Waals surface area contributed by atoms with E-state index in [9.17, 15) is 5.26 Å². The summed E-state index contributed by atoms with van der Waals surface area (Å²) in [6.07, 6.45) is 1.80. The molecule has 0 spiro atoms. The van der Waals surface area contributed by atoms with Crippen LogP contribution in [0.5, 0.6) is 11.5 Å². The second-order valence-corrected chi connectivity index (χ2v) is 6.47. The molecule has 0 aliphatic rings. The number of hydrogen-bond acceptors (Lipinski definition) is 4. The molecule has 0 aliphatic heterocycles. The van der Waals surface area contributed by atoms with Gasteiger partial charge in [-0.3, -0.25) is 0 Å². The van der Waals surface area contributed by atoms with Gasteiger partial charge in [-0.15, -0.1) is 0 Å². The molecule has 5 nitrogen and oxygen atoms in total. The maximum atomic E-state index is 9.69. The van der Waals surface area contributed by atoms with Crippen molar-refractivity contribution in [1.82, 2.24) is 9.55 Å². The lowest BCUT2D eigenvalue weighted by atomic mass is 10.1. The number of halogens is 1. The van der Waals surface area contributed by atoms with Crippen LogP contribution in [0, 0.1) is 11.3 Å². The van der Waals surface area contributed by atoms with Gasteiger partial charge in [-0.25, -0.2) is 4.98 Å². The highest BCUT2D eigenvalue weighted by atomic mass is 79.9. The normalized spacial score (nSPS) is 11.4. The van der Waals surface area contributed by atoms with Crippen molar-refractivity contribution in [2.24, 2.45) is 7.05 Å². The fourth-order valence-electron chi connectivity index (χ4n) is 2.83. The first-order valence-electron chi connectivity index (χ1n) is 8.13. The molecule has 0 bridgehead atoms. The number of hydrogen-bond donors (Lipinski definition) is 0. The standard InChI is InChI=1S/C20H18BrN3O2/c1-4-26-18-11-13(10-15(21)19(18)25-3)9-14(12-22)20-23-16-7-5-6-8-17(16)24(20)2/h5-11H,4H2,1-3H3/b14-9+. The van der Waals surface area contributed by atoms with E-state index >= 15 is 0 Å². The zero-order valence-corrected chi connectivity index (χ0v) is 16.4. The first-order chi connectivity index (χ1) is 12.6. The molecule has 0 aliphatic carbocycles. The lowest BCUT2D eigenvalue weighted by Crippen LogP contribution is -1.98. The third-order valence-corrected chi connectivity index (χ3v) is 4.58. The van der Waals surface area contributed by atoms with E-state index in [0.717, 1.165) is 21.1 Å². The number of imidazole rings is 1. The fraction of sp³-hybridized carbons (Fsp3) is 0.200. The lowest BCUT2D eigenvalue weighted by molar-refractivity contribution is 0.310. The number of benzene rings is 2. The minimum Gasteiger partial charge on any atom is -0.492 e. The van der Waals surface area contributed by atoms with E-state index in [1.54, 1.807) is 13.2 Å². The Labute approximate surface area is 160 Å². The van der Waals surface area contributed by atoms with E-state index < -0.39 is 0 Å². The van der Waals surface area contributed by atoms with E-state index in [0.29, 0.717) is 29.5 Å². The number of fused-ring (bicyclic) bond motifs is 1. The van der Waals surface area contributed by atoms with Crippen molar-refractivity contribution in [3.05, 3.63) is 52.3 Å². The van der Waals surface area contributed by atoms with Gasteiger partial charge in [0, 0.05) is 7.05 Å². The molecule has 0 saturated heterocycles. The summed E-state index contributed by atoms with van der Waals surface area (Å²) >= 11 is 3.50. The molecule has 2 aromatic carbocycles. The molecule has 1 aromatic heterocycles. The maximum Gasteiger partial charge on any atom is 0.174 e. The molecule has 6 heteroatoms. The molecule has 3 aromatic rings. The van der Waals surface area contributed by atoms with Crippen LogP contribution in [0.1, 0.15) is 18.3 Å². The molecule has 0 fully saturated rings. The lowest BCUT2D eigenvalue weighted by Gasteiger charge is -2.12. The predicted octanol–water partition coefficient (Wildman–Crippen LogP) is 4.81. The van der Waals surface area contributed by atoms with Crippen LogP contribution in [-0.4, -0.2) is 23.3 Å². The number of allylic oxidation sites excluding steroid dienone is 1. The molecular weight excluding hydrogens is 394 g/mol. The van der Waals surface area contributed by atoms with Crippen molar-refractivity contribution in [2.75, 3.05) is 13.7 Å². The van der Waals surface area contributed by atoms with Crippen LogP contribution in [-0.2, 0) is 7.05 Å². The van der Waals surface area contributed by atoms with Crippen LogP contribution >= 0.6 is 15.9 Å². The highest BCUT2D eigenvalue weighted by Gasteiger charge is 2.14. The number of aromatic nitrogens is 2. The zero-order chi connectivity index (χ0) is 18.7. The van der Waals surface area contributed by atoms with E-state index in [1.807, 2.05) is 54.9 Å². The number of aryl methyl sites for hydroxylation is 1. The molecule has 0 unspecified atom stereocenters. The molecule has 132 valence electrons. The summed E-state index contributed by atoms with van der Waals surface area (Å²) in [4.78, 5) is 4.60. The second-order valence-electron chi connectivity index (χ2n) is 5.62. The monoisotopic (exact) mass is 411 g/mol. The van der Waals surface area contributed by atoms with Crippen LogP contribution in [0.3, 0.4) is 0 Å². The van der Waals surface area contributed by atoms with Gasteiger partial charge in [-0.1, -0.05) is 12.1 Å². The zero-order valence-electron chi connectivity index (χ0n) is 14.8. The third kappa shape index (κ3) is 3.31. The van der Waals surface area contributed by atoms with Gasteiger partial charge in [-0.2, -0.15) is 5.26 Å². The number of ether oxygens (including phenoxy) is 2. The van der Waals surface area contributed by atoms with Crippen molar-refractivity contribution < 1.29 is 9.47 Å². The van der Waals surface area contributed by atoms with Gasteiger partial charge in [0.25, 0.3) is 0 Å². The Kier molecular flexibility index (Phi) is 5.29. The van der Waals surface area contributed by atoms with Gasteiger partial charge in [-0.05, 0) is 58.8 Å². The molecule has 0 amide bonds. The Morgan fingerprint density at radius 3 is 2.77 bits per heavy atom. The summed E-state index contributed by atoms with van der Waals surface area (Å²) in [5.41, 5.74) is 3.14. The summed E-state index contributed by atoms with van der Waals surface area (Å²) < 4.78 is 13.7. The average molecular weight is 412 g/mol. The Hall–Kier alpha value is -2.78. The fourth-order valence-corrected chi connectivity index (χ4v) is 3.45. The van der Waals surface area contributed by atoms with E-state index in [1.165, 1.54) is 0 Å². The van der Waals surface area contributed by atoms with Crippen LogP contribution in [0.25, 0.3) is 22.7 Å². The van der Waals surface area contributed by atoms with Crippen molar-refractivity contribution in [3.8, 4) is 17.6 Å². The van der Waals surface area contributed by atoms with Crippen molar-refractivity contribution >= 4 is 38.6 Å². The van der Waals surface area contributed by atoms with E-state index in [4.69, 9.17) is 9.47 Å². The van der Waals surface area contributed by atoms with Gasteiger partial charge >= 0.3 is 0 Å². The summed E-state index contributed by atoms with van der Waals surface area (Å²) in [5, 5.41) is 9.69. The minimum atomic E-state index is 0.475. The molecule has 0 radical (unpaired) electrons. The summed E-state index contributed by atoms with van der Waals surface area (Å²) in [7, 11) is 3.50. The van der Waals surface area contributed by atoms with Crippen LogP contribution in [0.2, 0.25) is 0 Å². The first kappa shape index (κ1) is 18.0. The Morgan fingerprint density at radius 2 is 2.12 bits per heavy atom. The molecule has 0 N–H and O–H groups in total. The first-order valence-corrected chi connectivity index (χ1v) is 8.92. The number of rotatable bonds is 5. The quantitative estimate of drug-likeness (QED) is 0.565. The van der Waals surface area contributed by atoms with Crippen LogP contribution in [0.4, 0.5) is 0 Å². The number of methoxy groups -OCH3 is 1. The highest BCUT2D eigenvalue weighted by molar-refractivity contribution is 9.10. The Balaban J connectivity index is 2.12. The summed E-state index contributed by atoms with van der Waals surface area (Å²) in [6.45, 7) is 2.43. The number of nitrogens with zero attached hydrogens (tertiary/aromatic N) is 3. The number of nitriles is 1. The smallest absolute Gasteiger partial charge is 0.174 e. The Morgan fingerprint density at radius 1 is 1.35 bits per heavy atom. The Bertz CT molecular complexity index is 1030. The van der Waals surface area contributed by atoms with Gasteiger partial charge in [0.15, 0.2) is 17.3 Å². The van der Waals surface area contributed by atoms with E-state index in [2.05, 4.69) is 27.0 Å². The highest BCUT2D eigenvalue weighted by Crippen LogP contribution is 2.37. The van der Waals surface area contributed by atoms with Gasteiger partial charge in [0.1, 0.15) is 6.07 Å². The SMILES string of the molecule is CCOc1cc(/C=C(\C#N)c2nc3ccccc3n2C)cc(Br)c1OC. The molecule has 0 saturated carbocycles. The summed E-state index contributed by atoms with van der Waals surface area (Å²) in [6, 6.07) is 13.8. The van der Waals surface area contributed by atoms with Gasteiger partial charge in [0.2, 0.25) is 0 Å². The van der Waals surface area contributed by atoms with Gasteiger partial charge in [0.05, 0.1) is 34.8 Å². The predicted molar refractivity (Wildman–Crippen MR) is 106 cm³/mol. The average Bonchev–Trinajstić information content (AvgIpc) is 2.97. The van der Waals surface area contributed by atoms with Crippen molar-refractivity contribution in [1.29, 1.82) is 5.26 Å². The maximum absolute atomic E-state index is 9.69. The minimum absolute atomic E-state index is 0.475. The molecule has 1 heterocycles. The van der Waals surface area contributed by atoms with Crippen molar-refractivity contribution in [3.63, 3.8) is 0 Å². The summed E-state index contributed by atoms with van der Waals surface area (Å²) in [5.74, 6) is 1.88. The van der Waals surface area contributed by atoms with Gasteiger partial charge < -0.3 is 14.0 Å². The number of para-hydroxylation sites is 2. The second kappa shape index (κ2) is 7.63. The van der Waals surface area contributed by atoms with Crippen LogP contribution < -0.4 is 9.47 Å². The largest absolute Gasteiger partial charge is 0.492 e. The van der Waals surface area contributed by atoms with Crippen molar-refractivity contribution in [2.45, 2.75) is 6.92 Å². The third-order valence-electron chi connectivity index (χ3n) is 4.00. The molecule has 26 heavy (non-hydrogen) atoms. The molecule has 0 atom stereocenters. The topological polar surface area (TPSA) is 60.1 Å².